The van der Waals surface area contributed by atoms with Gasteiger partial charge in [-0.3, -0.25) is 14.9 Å². The zero-order valence-electron chi connectivity index (χ0n) is 12.5. The van der Waals surface area contributed by atoms with E-state index >= 15 is 0 Å². The van der Waals surface area contributed by atoms with Gasteiger partial charge in [0.15, 0.2) is 0 Å². The minimum Gasteiger partial charge on any atom is -0.478 e. The molecule has 1 amide bonds. The van der Waals surface area contributed by atoms with E-state index in [-0.39, 0.29) is 35.8 Å². The minimum atomic E-state index is -1.11. The summed E-state index contributed by atoms with van der Waals surface area (Å²) >= 11 is 0. The lowest BCUT2D eigenvalue weighted by molar-refractivity contribution is -0.533. The van der Waals surface area contributed by atoms with Gasteiger partial charge in [0.05, 0.1) is 5.92 Å². The highest BCUT2D eigenvalue weighted by Crippen LogP contribution is 2.31. The predicted octanol–water partition coefficient (Wildman–Crippen LogP) is 1.60. The van der Waals surface area contributed by atoms with Crippen molar-refractivity contribution in [2.75, 3.05) is 0 Å². The van der Waals surface area contributed by atoms with Crippen molar-refractivity contribution in [1.82, 2.24) is 5.32 Å². The fourth-order valence-electron chi connectivity index (χ4n) is 2.84. The molecule has 0 saturated carbocycles. The highest BCUT2D eigenvalue weighted by molar-refractivity contribution is 5.86. The van der Waals surface area contributed by atoms with Crippen LogP contribution in [0.5, 0.6) is 0 Å². The summed E-state index contributed by atoms with van der Waals surface area (Å²) in [6.45, 7) is 5.35. The fraction of sp³-hybridized carbons (Fsp3) is 0.714. The molecular formula is C14H22N2O5. The third-order valence-corrected chi connectivity index (χ3v) is 3.74. The second kappa shape index (κ2) is 7.19. The first-order valence-corrected chi connectivity index (χ1v) is 7.05. The van der Waals surface area contributed by atoms with Crippen molar-refractivity contribution in [2.24, 2.45) is 11.8 Å². The van der Waals surface area contributed by atoms with Crippen molar-refractivity contribution in [3.05, 3.63) is 21.8 Å². The maximum atomic E-state index is 11.3. The number of carboxylic acids is 1. The van der Waals surface area contributed by atoms with Gasteiger partial charge in [-0.2, -0.15) is 0 Å². The van der Waals surface area contributed by atoms with Crippen LogP contribution in [0.1, 0.15) is 40.0 Å². The molecule has 0 bridgehead atoms. The number of carboxylic acid groups (broad SMARTS) is 1. The highest BCUT2D eigenvalue weighted by atomic mass is 16.6. The first-order chi connectivity index (χ1) is 9.72. The zero-order valence-corrected chi connectivity index (χ0v) is 12.5. The van der Waals surface area contributed by atoms with Gasteiger partial charge in [0, 0.05) is 29.9 Å². The van der Waals surface area contributed by atoms with Crippen LogP contribution < -0.4 is 5.32 Å². The Labute approximate surface area is 123 Å². The van der Waals surface area contributed by atoms with Crippen molar-refractivity contribution in [2.45, 2.75) is 52.1 Å². The van der Waals surface area contributed by atoms with E-state index in [9.17, 15) is 19.7 Å². The molecule has 0 radical (unpaired) electrons. The van der Waals surface area contributed by atoms with E-state index in [2.05, 4.69) is 5.32 Å². The lowest BCUT2D eigenvalue weighted by Gasteiger charge is -2.32. The molecular weight excluding hydrogens is 276 g/mol. The molecule has 0 saturated heterocycles. The van der Waals surface area contributed by atoms with E-state index < -0.39 is 16.9 Å². The number of aliphatic carboxylic acids is 1. The van der Waals surface area contributed by atoms with E-state index in [0.717, 1.165) is 0 Å². The Kier molecular flexibility index (Phi) is 5.87. The second-order valence-electron chi connectivity index (χ2n) is 5.93. The van der Waals surface area contributed by atoms with Crippen LogP contribution in [-0.4, -0.2) is 34.0 Å². The topological polar surface area (TPSA) is 110 Å². The summed E-state index contributed by atoms with van der Waals surface area (Å²) in [7, 11) is 0. The van der Waals surface area contributed by atoms with E-state index in [0.29, 0.717) is 12.8 Å². The summed E-state index contributed by atoms with van der Waals surface area (Å²) in [6.07, 6.45) is 2.37. The molecule has 21 heavy (non-hydrogen) atoms. The molecule has 1 aliphatic carbocycles. The Morgan fingerprint density at radius 3 is 2.57 bits per heavy atom. The van der Waals surface area contributed by atoms with Crippen molar-refractivity contribution < 1.29 is 19.6 Å². The van der Waals surface area contributed by atoms with Crippen LogP contribution >= 0.6 is 0 Å². The number of amides is 1. The van der Waals surface area contributed by atoms with Crippen LogP contribution in [0, 0.1) is 22.0 Å². The van der Waals surface area contributed by atoms with Crippen molar-refractivity contribution in [1.29, 1.82) is 0 Å². The summed E-state index contributed by atoms with van der Waals surface area (Å²) in [6, 6.07) is -1.29. The van der Waals surface area contributed by atoms with Gasteiger partial charge in [0.1, 0.15) is 0 Å². The number of carbonyl (C=O) groups excluding carboxylic acids is 1. The van der Waals surface area contributed by atoms with Gasteiger partial charge in [-0.1, -0.05) is 19.9 Å². The molecule has 0 fully saturated rings. The van der Waals surface area contributed by atoms with Gasteiger partial charge < -0.3 is 10.4 Å². The molecule has 118 valence electrons. The summed E-state index contributed by atoms with van der Waals surface area (Å²) in [5.74, 6) is -1.44. The molecule has 1 rings (SSSR count). The van der Waals surface area contributed by atoms with Gasteiger partial charge >= 0.3 is 5.97 Å². The Hall–Kier alpha value is -1.92. The van der Waals surface area contributed by atoms with E-state index in [1.165, 1.54) is 6.92 Å². The van der Waals surface area contributed by atoms with Crippen molar-refractivity contribution >= 4 is 11.9 Å². The van der Waals surface area contributed by atoms with Gasteiger partial charge in [0.2, 0.25) is 11.9 Å². The van der Waals surface area contributed by atoms with Gasteiger partial charge in [-0.05, 0) is 18.8 Å². The number of nitro groups is 1. The average Bonchev–Trinajstić information content (AvgIpc) is 2.35. The first kappa shape index (κ1) is 17.1. The monoisotopic (exact) mass is 298 g/mol. The molecule has 2 N–H and O–H groups in total. The second-order valence-corrected chi connectivity index (χ2v) is 5.93. The highest BCUT2D eigenvalue weighted by Gasteiger charge is 2.41. The van der Waals surface area contributed by atoms with Crippen LogP contribution in [0.3, 0.4) is 0 Å². The van der Waals surface area contributed by atoms with Crippen molar-refractivity contribution in [3.8, 4) is 0 Å². The number of hydrogen-bond acceptors (Lipinski definition) is 4. The Morgan fingerprint density at radius 1 is 1.52 bits per heavy atom. The average molecular weight is 298 g/mol. The molecule has 7 nitrogen and oxygen atoms in total. The lowest BCUT2D eigenvalue weighted by atomic mass is 9.78. The zero-order chi connectivity index (χ0) is 16.2. The maximum Gasteiger partial charge on any atom is 0.331 e. The molecule has 3 atom stereocenters. The third kappa shape index (κ3) is 4.84. The smallest absolute Gasteiger partial charge is 0.331 e. The number of nitrogens with zero attached hydrogens (tertiary/aromatic N) is 1. The van der Waals surface area contributed by atoms with Crippen LogP contribution in [0.15, 0.2) is 11.6 Å². The number of rotatable bonds is 6. The van der Waals surface area contributed by atoms with Gasteiger partial charge in [0.25, 0.3) is 0 Å². The van der Waals surface area contributed by atoms with E-state index in [1.54, 1.807) is 6.08 Å². The standard InChI is InChI=1S/C14H22N2O5/c1-8(2)6-12(15-9(3)17)11-5-4-10(14(18)19)7-13(11)16(20)21/h4,8,11-13H,5-7H2,1-3H3,(H,15,17)(H,18,19)/t11-,12+,13-/m1/s1. The Morgan fingerprint density at radius 2 is 2.14 bits per heavy atom. The molecule has 0 aromatic rings. The summed E-state index contributed by atoms with van der Waals surface area (Å²) in [5, 5.41) is 23.1. The van der Waals surface area contributed by atoms with E-state index in [1.807, 2.05) is 13.8 Å². The largest absolute Gasteiger partial charge is 0.478 e. The molecule has 0 aromatic heterocycles. The van der Waals surface area contributed by atoms with Crippen LogP contribution in [0.25, 0.3) is 0 Å². The number of allylic oxidation sites excluding steroid dienone is 1. The molecule has 0 unspecified atom stereocenters. The Balaban J connectivity index is 3.00. The van der Waals surface area contributed by atoms with Gasteiger partial charge in [-0.25, -0.2) is 4.79 Å². The van der Waals surface area contributed by atoms with E-state index in [4.69, 9.17) is 5.11 Å². The SMILES string of the molecule is CC(=O)N[C@@H](CC(C)C)[C@H]1CC=C(C(=O)O)C[C@H]1[N+](=O)[O-]. The number of nitrogens with one attached hydrogen (secondary N) is 1. The molecule has 0 aromatic carbocycles. The van der Waals surface area contributed by atoms with Crippen LogP contribution in [-0.2, 0) is 9.59 Å². The third-order valence-electron chi connectivity index (χ3n) is 3.74. The normalized spacial score (nSPS) is 23.3. The summed E-state index contributed by atoms with van der Waals surface area (Å²) in [4.78, 5) is 33.2. The first-order valence-electron chi connectivity index (χ1n) is 7.05. The summed E-state index contributed by atoms with van der Waals surface area (Å²) in [5.41, 5.74) is 0.0825. The van der Waals surface area contributed by atoms with Crippen LogP contribution in [0.4, 0.5) is 0 Å². The molecule has 7 heteroatoms. The quantitative estimate of drug-likeness (QED) is 0.571. The maximum absolute atomic E-state index is 11.3. The number of hydrogen-bond donors (Lipinski definition) is 2. The predicted molar refractivity (Wildman–Crippen MR) is 76.3 cm³/mol. The fourth-order valence-corrected chi connectivity index (χ4v) is 2.84. The summed E-state index contributed by atoms with van der Waals surface area (Å²) < 4.78 is 0. The molecule has 1 aliphatic rings. The number of carbonyl (C=O) groups is 2. The van der Waals surface area contributed by atoms with Crippen LogP contribution in [0.2, 0.25) is 0 Å². The minimum absolute atomic E-state index is 0.0825. The Bertz CT molecular complexity index is 458. The van der Waals surface area contributed by atoms with Crippen molar-refractivity contribution in [3.63, 3.8) is 0 Å². The molecule has 0 aliphatic heterocycles. The molecule has 0 spiro atoms. The van der Waals surface area contributed by atoms with Gasteiger partial charge in [-0.15, -0.1) is 0 Å². The lowest BCUT2D eigenvalue weighted by Crippen LogP contribution is -2.48. The molecule has 0 heterocycles.